The molecule has 2 aliphatic rings. The Hall–Kier alpha value is -1.49. The van der Waals surface area contributed by atoms with Crippen LogP contribution in [0.25, 0.3) is 12.2 Å². The van der Waals surface area contributed by atoms with Crippen molar-refractivity contribution in [3.8, 4) is 0 Å². The van der Waals surface area contributed by atoms with Gasteiger partial charge in [0, 0.05) is 0 Å². The predicted molar refractivity (Wildman–Crippen MR) is 180 cm³/mol. The van der Waals surface area contributed by atoms with Gasteiger partial charge in [0.2, 0.25) is 0 Å². The van der Waals surface area contributed by atoms with Gasteiger partial charge in [-0.2, -0.15) is 0 Å². The Morgan fingerprint density at radius 3 is 1.40 bits per heavy atom. The SMILES string of the molecule is CC(C)CP(CC(C)C)C1=Cc2ccccc2[CH]1[Ti+2][CH]1C(P(c2ccccc2)c2ccccc2)=Cc2ccccc21.[Cl-].[Cl-]. The van der Waals surface area contributed by atoms with Gasteiger partial charge in [0.1, 0.15) is 0 Å². The van der Waals surface area contributed by atoms with E-state index in [1.807, 2.05) is 0 Å². The summed E-state index contributed by atoms with van der Waals surface area (Å²) in [6, 6.07) is 41.3. The topological polar surface area (TPSA) is 0 Å². The van der Waals surface area contributed by atoms with Crippen molar-refractivity contribution in [2.24, 2.45) is 11.8 Å². The molecule has 0 heterocycles. The Kier molecular flexibility index (Phi) is 12.5. The molecule has 2 atom stereocenters. The van der Waals surface area contributed by atoms with Crippen molar-refractivity contribution in [1.29, 1.82) is 0 Å². The molecule has 0 aliphatic heterocycles. The number of rotatable bonds is 10. The molecule has 0 fully saturated rings. The summed E-state index contributed by atoms with van der Waals surface area (Å²) in [5.74, 6) is 1.47. The van der Waals surface area contributed by atoms with Crippen LogP contribution in [0.1, 0.15) is 58.4 Å². The fraction of sp³-hybridized carbons (Fsp3) is 0.263. The Morgan fingerprint density at radius 2 is 0.930 bits per heavy atom. The summed E-state index contributed by atoms with van der Waals surface area (Å²) in [6.07, 6.45) is 7.92. The molecule has 0 amide bonds. The van der Waals surface area contributed by atoms with Gasteiger partial charge in [-0.15, -0.1) is 0 Å². The van der Waals surface area contributed by atoms with Crippen LogP contribution in [0.3, 0.4) is 0 Å². The van der Waals surface area contributed by atoms with E-state index < -0.39 is 27.1 Å². The zero-order valence-electron chi connectivity index (χ0n) is 25.4. The molecule has 6 rings (SSSR count). The van der Waals surface area contributed by atoms with Crippen molar-refractivity contribution in [2.75, 3.05) is 12.3 Å². The van der Waals surface area contributed by atoms with Gasteiger partial charge in [-0.1, -0.05) is 0 Å². The standard InChI is InChI=1S/C21H16P.C17H24P.2ClH.Ti/c1-3-11-19(12-4-1)22(20-13-5-2-6-14-20)21-15-17-9-7-8-10-18(17)16-21;1-13(2)11-18(12-14(3)4)17-9-15-7-5-6-8-16(15)10-17;;;/h1-16H;5-10,13-14H,11-12H2,1-4H3;2*1H;/q;;;;+2/p-2. The van der Waals surface area contributed by atoms with Crippen molar-refractivity contribution in [3.63, 3.8) is 0 Å². The van der Waals surface area contributed by atoms with E-state index in [9.17, 15) is 0 Å². The van der Waals surface area contributed by atoms with Crippen LogP contribution < -0.4 is 35.4 Å². The fourth-order valence-electron chi connectivity index (χ4n) is 6.37. The van der Waals surface area contributed by atoms with E-state index in [0.717, 1.165) is 11.8 Å². The van der Waals surface area contributed by atoms with Crippen LogP contribution in [0.4, 0.5) is 0 Å². The van der Waals surface area contributed by atoms with E-state index in [1.165, 1.54) is 34.1 Å². The van der Waals surface area contributed by atoms with Gasteiger partial charge in [0.25, 0.3) is 0 Å². The Bertz CT molecular complexity index is 1500. The first kappa shape index (κ1) is 34.4. The normalized spacial score (nSPS) is 16.7. The van der Waals surface area contributed by atoms with Crippen molar-refractivity contribution in [2.45, 2.75) is 36.1 Å². The molecule has 0 nitrogen and oxygen atoms in total. The quantitative estimate of drug-likeness (QED) is 0.175. The van der Waals surface area contributed by atoms with Gasteiger partial charge in [-0.25, -0.2) is 0 Å². The number of fused-ring (bicyclic) bond motifs is 2. The first-order valence-corrected chi connectivity index (χ1v) is 19.9. The van der Waals surface area contributed by atoms with Gasteiger partial charge in [0.05, 0.1) is 0 Å². The Morgan fingerprint density at radius 1 is 0.535 bits per heavy atom. The summed E-state index contributed by atoms with van der Waals surface area (Å²) < 4.78 is 1.14. The number of halogens is 2. The second-order valence-corrected chi connectivity index (χ2v) is 19.0. The van der Waals surface area contributed by atoms with Crippen LogP contribution in [-0.4, -0.2) is 12.3 Å². The summed E-state index contributed by atoms with van der Waals surface area (Å²) in [6.45, 7) is 9.68. The molecule has 2 unspecified atom stereocenters. The third-order valence-corrected chi connectivity index (χ3v) is 17.7. The largest absolute Gasteiger partial charge is 1.00 e. The average molecular weight is 677 g/mol. The summed E-state index contributed by atoms with van der Waals surface area (Å²) in [5.41, 5.74) is 6.11. The zero-order valence-corrected chi connectivity index (χ0v) is 30.3. The maximum absolute atomic E-state index is 2.64. The van der Waals surface area contributed by atoms with Crippen LogP contribution in [0, 0.1) is 11.8 Å². The molecule has 0 aromatic heterocycles. The number of benzene rings is 4. The maximum Gasteiger partial charge on any atom is -1.00 e. The minimum Gasteiger partial charge on any atom is -1.00 e. The van der Waals surface area contributed by atoms with Crippen molar-refractivity contribution in [3.05, 3.63) is 142 Å². The molecule has 0 radical (unpaired) electrons. The van der Waals surface area contributed by atoms with Gasteiger partial charge in [-0.05, 0) is 0 Å². The molecule has 0 N–H and O–H groups in total. The van der Waals surface area contributed by atoms with Gasteiger partial charge in [-0.3, -0.25) is 0 Å². The molecule has 0 saturated heterocycles. The minimum absolute atomic E-state index is 0. The van der Waals surface area contributed by atoms with Crippen molar-refractivity contribution < 1.29 is 44.0 Å². The predicted octanol–water partition coefficient (Wildman–Crippen LogP) is 4.20. The molecule has 0 saturated carbocycles. The number of hydrogen-bond donors (Lipinski definition) is 0. The molecular formula is C38H40Cl2P2Ti. The van der Waals surface area contributed by atoms with E-state index in [1.54, 1.807) is 21.8 Å². The molecule has 220 valence electrons. The van der Waals surface area contributed by atoms with Crippen LogP contribution in [0.15, 0.2) is 120 Å². The van der Waals surface area contributed by atoms with E-state index in [4.69, 9.17) is 0 Å². The molecule has 0 bridgehead atoms. The smallest absolute Gasteiger partial charge is 1.00 e. The molecular weight excluding hydrogens is 637 g/mol. The first-order chi connectivity index (χ1) is 20.0. The van der Waals surface area contributed by atoms with E-state index in [-0.39, 0.29) is 32.7 Å². The van der Waals surface area contributed by atoms with Crippen LogP contribution in [0.2, 0.25) is 0 Å². The van der Waals surface area contributed by atoms with Gasteiger partial charge in [0.15, 0.2) is 0 Å². The fourth-order valence-corrected chi connectivity index (χ4v) is 16.8. The molecule has 4 aromatic carbocycles. The van der Waals surface area contributed by atoms with E-state index in [0.29, 0.717) is 8.45 Å². The van der Waals surface area contributed by atoms with E-state index in [2.05, 4.69) is 149 Å². The summed E-state index contributed by atoms with van der Waals surface area (Å²) in [7, 11) is -0.757. The molecule has 4 aromatic rings. The second kappa shape index (κ2) is 15.7. The Labute approximate surface area is 283 Å². The van der Waals surface area contributed by atoms with Gasteiger partial charge < -0.3 is 24.8 Å². The van der Waals surface area contributed by atoms with Gasteiger partial charge >= 0.3 is 260 Å². The van der Waals surface area contributed by atoms with Crippen molar-refractivity contribution >= 4 is 38.6 Å². The van der Waals surface area contributed by atoms with Crippen molar-refractivity contribution in [1.82, 2.24) is 0 Å². The monoisotopic (exact) mass is 676 g/mol. The van der Waals surface area contributed by atoms with Crippen LogP contribution in [-0.2, 0) is 19.2 Å². The number of allylic oxidation sites excluding steroid dienone is 2. The first-order valence-electron chi connectivity index (χ1n) is 15.0. The third kappa shape index (κ3) is 7.67. The molecule has 2 aliphatic carbocycles. The van der Waals surface area contributed by atoms with Crippen LogP contribution >= 0.6 is 15.8 Å². The number of hydrogen-bond acceptors (Lipinski definition) is 0. The summed E-state index contributed by atoms with van der Waals surface area (Å²) >= 11 is -0.439. The summed E-state index contributed by atoms with van der Waals surface area (Å²) in [4.78, 5) is 0. The average Bonchev–Trinajstić information content (AvgIpc) is 3.52. The summed E-state index contributed by atoms with van der Waals surface area (Å²) in [5, 5.41) is 6.40. The third-order valence-electron chi connectivity index (χ3n) is 7.97. The Balaban J connectivity index is 0.00000212. The molecule has 0 spiro atoms. The van der Waals surface area contributed by atoms with Crippen LogP contribution in [0.5, 0.6) is 0 Å². The molecule has 5 heteroatoms. The maximum atomic E-state index is 2.64. The second-order valence-electron chi connectivity index (χ2n) is 12.1. The molecule has 43 heavy (non-hydrogen) atoms. The minimum atomic E-state index is -0.604. The van der Waals surface area contributed by atoms with E-state index >= 15 is 0 Å². The zero-order chi connectivity index (χ0) is 28.3.